The molecule has 2 rings (SSSR count). The first-order chi connectivity index (χ1) is 12.3. The van der Waals surface area contributed by atoms with Crippen molar-refractivity contribution in [3.63, 3.8) is 0 Å². The first kappa shape index (κ1) is 21.1. The van der Waals surface area contributed by atoms with Gasteiger partial charge in [0.2, 0.25) is 10.0 Å². The van der Waals surface area contributed by atoms with Crippen molar-refractivity contribution in [3.8, 4) is 0 Å². The minimum absolute atomic E-state index is 0.00683. The van der Waals surface area contributed by atoms with Crippen molar-refractivity contribution in [2.45, 2.75) is 10.6 Å². The molecule has 0 saturated heterocycles. The predicted octanol–water partition coefficient (Wildman–Crippen LogP) is 3.99. The zero-order valence-corrected chi connectivity index (χ0v) is 17.0. The molecule has 9 heteroatoms. The van der Waals surface area contributed by atoms with Crippen molar-refractivity contribution in [2.75, 3.05) is 19.4 Å². The Bertz CT molecular complexity index is 888. The Morgan fingerprint density at radius 3 is 2.65 bits per heavy atom. The smallest absolute Gasteiger partial charge is 0.339 e. The molecule has 0 aliphatic carbocycles. The quantitative estimate of drug-likeness (QED) is 0.503. The van der Waals surface area contributed by atoms with E-state index in [1.165, 1.54) is 25.3 Å². The van der Waals surface area contributed by atoms with Crippen LogP contribution in [0, 0.1) is 0 Å². The maximum atomic E-state index is 12.4. The van der Waals surface area contributed by atoms with E-state index in [0.29, 0.717) is 10.8 Å². The molecule has 0 fully saturated rings. The van der Waals surface area contributed by atoms with Crippen LogP contribution in [0.15, 0.2) is 47.4 Å². The van der Waals surface area contributed by atoms with Crippen molar-refractivity contribution >= 4 is 51.0 Å². The maximum Gasteiger partial charge on any atom is 0.339 e. The molecule has 0 aliphatic heterocycles. The van der Waals surface area contributed by atoms with Gasteiger partial charge in [-0.3, -0.25) is 0 Å². The van der Waals surface area contributed by atoms with Gasteiger partial charge in [0, 0.05) is 23.1 Å². The summed E-state index contributed by atoms with van der Waals surface area (Å²) < 4.78 is 31.8. The molecule has 0 radical (unpaired) electrons. The van der Waals surface area contributed by atoms with Gasteiger partial charge in [0.15, 0.2) is 0 Å². The number of esters is 1. The SMILES string of the molecule is COC(=O)c1cc(S(=O)(=O)NCCSCc2cccc(Cl)c2)ccc1Cl. The second-order valence-corrected chi connectivity index (χ2v) is 8.93. The van der Waals surface area contributed by atoms with Crippen LogP contribution < -0.4 is 4.72 Å². The third-order valence-electron chi connectivity index (χ3n) is 3.35. The van der Waals surface area contributed by atoms with E-state index in [9.17, 15) is 13.2 Å². The Morgan fingerprint density at radius 1 is 1.19 bits per heavy atom. The Labute approximate surface area is 167 Å². The summed E-state index contributed by atoms with van der Waals surface area (Å²) in [5.41, 5.74) is 1.08. The van der Waals surface area contributed by atoms with Crippen molar-refractivity contribution in [1.29, 1.82) is 0 Å². The largest absolute Gasteiger partial charge is 0.465 e. The van der Waals surface area contributed by atoms with Crippen LogP contribution in [0.1, 0.15) is 15.9 Å². The van der Waals surface area contributed by atoms with Crippen molar-refractivity contribution in [3.05, 3.63) is 63.6 Å². The Morgan fingerprint density at radius 2 is 1.96 bits per heavy atom. The van der Waals surface area contributed by atoms with Gasteiger partial charge in [-0.25, -0.2) is 17.9 Å². The van der Waals surface area contributed by atoms with Gasteiger partial charge in [0.1, 0.15) is 0 Å². The average molecular weight is 434 g/mol. The molecule has 0 amide bonds. The summed E-state index contributed by atoms with van der Waals surface area (Å²) in [4.78, 5) is 11.6. The molecule has 0 heterocycles. The lowest BCUT2D eigenvalue weighted by molar-refractivity contribution is 0.0600. The third-order valence-corrected chi connectivity index (χ3v) is 6.40. The number of halogens is 2. The van der Waals surface area contributed by atoms with Crippen LogP contribution in [0.4, 0.5) is 0 Å². The highest BCUT2D eigenvalue weighted by molar-refractivity contribution is 7.98. The fourth-order valence-electron chi connectivity index (χ4n) is 2.09. The average Bonchev–Trinajstić information content (AvgIpc) is 2.61. The number of nitrogens with one attached hydrogen (secondary N) is 1. The number of hydrogen-bond acceptors (Lipinski definition) is 5. The normalized spacial score (nSPS) is 11.3. The molecule has 0 atom stereocenters. The van der Waals surface area contributed by atoms with Crippen LogP contribution in [0.25, 0.3) is 0 Å². The number of carbonyl (C=O) groups excluding carboxylic acids is 1. The minimum Gasteiger partial charge on any atom is -0.465 e. The predicted molar refractivity (Wildman–Crippen MR) is 106 cm³/mol. The summed E-state index contributed by atoms with van der Waals surface area (Å²) in [5.74, 6) is 0.628. The highest BCUT2D eigenvalue weighted by Gasteiger charge is 2.18. The molecular formula is C17H17Cl2NO4S2. The van der Waals surface area contributed by atoms with Gasteiger partial charge in [0.05, 0.1) is 22.6 Å². The van der Waals surface area contributed by atoms with Crippen LogP contribution >= 0.6 is 35.0 Å². The Balaban J connectivity index is 1.91. The van der Waals surface area contributed by atoms with Crippen LogP contribution in [0.2, 0.25) is 10.0 Å². The molecule has 26 heavy (non-hydrogen) atoms. The standard InChI is InChI=1S/C17H17Cl2NO4S2/c1-24-17(21)15-10-14(5-6-16(15)19)26(22,23)20-7-8-25-11-12-3-2-4-13(18)9-12/h2-6,9-10,20H,7-8,11H2,1H3. The van der Waals surface area contributed by atoms with Gasteiger partial charge >= 0.3 is 5.97 Å². The van der Waals surface area contributed by atoms with Crippen molar-refractivity contribution in [1.82, 2.24) is 4.72 Å². The number of ether oxygens (including phenoxy) is 1. The number of methoxy groups -OCH3 is 1. The summed E-state index contributed by atoms with van der Waals surface area (Å²) in [6, 6.07) is 11.4. The van der Waals surface area contributed by atoms with Crippen molar-refractivity contribution < 1.29 is 17.9 Å². The lowest BCUT2D eigenvalue weighted by Crippen LogP contribution is -2.26. The molecule has 0 aromatic heterocycles. The third kappa shape index (κ3) is 5.89. The van der Waals surface area contributed by atoms with Crippen LogP contribution in [0.3, 0.4) is 0 Å². The van der Waals surface area contributed by atoms with Crippen molar-refractivity contribution in [2.24, 2.45) is 0 Å². The molecule has 0 aliphatic rings. The van der Waals surface area contributed by atoms with E-state index in [4.69, 9.17) is 23.2 Å². The molecule has 0 saturated carbocycles. The number of carbonyl (C=O) groups is 1. The minimum atomic E-state index is -3.74. The Hall–Kier alpha value is -1.25. The van der Waals surface area contributed by atoms with Crippen LogP contribution in [0.5, 0.6) is 0 Å². The molecule has 0 unspecified atom stereocenters. The molecule has 2 aromatic carbocycles. The van der Waals surface area contributed by atoms with Gasteiger partial charge in [-0.05, 0) is 35.9 Å². The lowest BCUT2D eigenvalue weighted by Gasteiger charge is -2.09. The number of hydrogen-bond donors (Lipinski definition) is 1. The second-order valence-electron chi connectivity index (χ2n) is 5.21. The first-order valence-corrected chi connectivity index (χ1v) is 10.9. The van der Waals surface area contributed by atoms with E-state index in [1.807, 2.05) is 18.2 Å². The summed E-state index contributed by atoms with van der Waals surface area (Å²) in [6.07, 6.45) is 0. The topological polar surface area (TPSA) is 72.5 Å². The molecule has 5 nitrogen and oxygen atoms in total. The van der Waals surface area contributed by atoms with E-state index in [2.05, 4.69) is 9.46 Å². The van der Waals surface area contributed by atoms with Crippen LogP contribution in [-0.2, 0) is 20.5 Å². The van der Waals surface area contributed by atoms with Gasteiger partial charge in [-0.2, -0.15) is 11.8 Å². The summed E-state index contributed by atoms with van der Waals surface area (Å²) in [5, 5.41) is 0.806. The number of rotatable bonds is 8. The van der Waals surface area contributed by atoms with E-state index < -0.39 is 16.0 Å². The van der Waals surface area contributed by atoms with Gasteiger partial charge in [-0.1, -0.05) is 35.3 Å². The summed E-state index contributed by atoms with van der Waals surface area (Å²) in [6.45, 7) is 0.254. The molecular weight excluding hydrogens is 417 g/mol. The molecule has 0 spiro atoms. The fourth-order valence-corrected chi connectivity index (χ4v) is 4.49. The van der Waals surface area contributed by atoms with E-state index in [1.54, 1.807) is 17.8 Å². The zero-order chi connectivity index (χ0) is 19.2. The Kier molecular flexibility index (Phi) is 7.79. The van der Waals surface area contributed by atoms with E-state index in [-0.39, 0.29) is 22.0 Å². The highest BCUT2D eigenvalue weighted by atomic mass is 35.5. The monoisotopic (exact) mass is 433 g/mol. The fraction of sp³-hybridized carbons (Fsp3) is 0.235. The lowest BCUT2D eigenvalue weighted by atomic mass is 10.2. The first-order valence-electron chi connectivity index (χ1n) is 7.53. The molecule has 2 aromatic rings. The molecule has 1 N–H and O–H groups in total. The molecule has 0 bridgehead atoms. The highest BCUT2D eigenvalue weighted by Crippen LogP contribution is 2.21. The number of sulfonamides is 1. The second kappa shape index (κ2) is 9.62. The zero-order valence-electron chi connectivity index (χ0n) is 13.9. The van der Waals surface area contributed by atoms with E-state index >= 15 is 0 Å². The van der Waals surface area contributed by atoms with Gasteiger partial charge in [-0.15, -0.1) is 0 Å². The van der Waals surface area contributed by atoms with Gasteiger partial charge in [0.25, 0.3) is 0 Å². The maximum absolute atomic E-state index is 12.4. The number of thioether (sulfide) groups is 1. The van der Waals surface area contributed by atoms with Gasteiger partial charge < -0.3 is 4.74 Å². The van der Waals surface area contributed by atoms with Crippen LogP contribution in [-0.4, -0.2) is 33.8 Å². The number of benzene rings is 2. The summed E-state index contributed by atoms with van der Waals surface area (Å²) >= 11 is 13.4. The molecule has 140 valence electrons. The van der Waals surface area contributed by atoms with E-state index in [0.717, 1.165) is 11.3 Å². The summed E-state index contributed by atoms with van der Waals surface area (Å²) in [7, 11) is -2.54.